The minimum absolute atomic E-state index is 0.0972. The van der Waals surface area contributed by atoms with Gasteiger partial charge in [0.2, 0.25) is 11.8 Å². The molecule has 7 rings (SSSR count). The number of fused-ring (bicyclic) bond motifs is 1. The van der Waals surface area contributed by atoms with E-state index in [0.29, 0.717) is 75.5 Å². The molecule has 1 aromatic heterocycles. The van der Waals surface area contributed by atoms with Gasteiger partial charge in [0, 0.05) is 56.1 Å². The van der Waals surface area contributed by atoms with E-state index >= 15 is 0 Å². The lowest BCUT2D eigenvalue weighted by molar-refractivity contribution is -0.134. The van der Waals surface area contributed by atoms with Gasteiger partial charge in [0.25, 0.3) is 11.8 Å². The van der Waals surface area contributed by atoms with Gasteiger partial charge in [0.15, 0.2) is 0 Å². The van der Waals surface area contributed by atoms with E-state index in [-0.39, 0.29) is 36.6 Å². The van der Waals surface area contributed by atoms with E-state index in [1.807, 2.05) is 66.7 Å². The molecule has 0 radical (unpaired) electrons. The highest BCUT2D eigenvalue weighted by Crippen LogP contribution is 2.39. The molecule has 2 saturated heterocycles. The van der Waals surface area contributed by atoms with Gasteiger partial charge in [-0.05, 0) is 85.8 Å². The molecule has 5 N–H and O–H groups in total. The van der Waals surface area contributed by atoms with Crippen molar-refractivity contribution in [3.8, 4) is 0 Å². The highest BCUT2D eigenvalue weighted by atomic mass is 32.1. The summed E-state index contributed by atoms with van der Waals surface area (Å²) in [7, 11) is 0. The van der Waals surface area contributed by atoms with Crippen LogP contribution in [0, 0.1) is 0 Å². The summed E-state index contributed by atoms with van der Waals surface area (Å²) in [6, 6.07) is 23.6. The first-order chi connectivity index (χ1) is 30.7. The lowest BCUT2D eigenvalue weighted by atomic mass is 9.86. The summed E-state index contributed by atoms with van der Waals surface area (Å²) in [4.78, 5) is 77.3. The molecular formula is C48H59N7O7S. The van der Waals surface area contributed by atoms with Crippen molar-refractivity contribution in [3.05, 3.63) is 118 Å². The van der Waals surface area contributed by atoms with Crippen LogP contribution in [0.4, 0.5) is 4.79 Å². The fraction of sp³-hybridized carbons (Fsp3) is 0.438. The molecule has 0 saturated carbocycles. The Balaban J connectivity index is 1.16. The molecule has 0 spiro atoms. The monoisotopic (exact) mass is 877 g/mol. The SMILES string of the molecule is NC(=O)c1ccccc1C[C@@H](C(=O)NCCCN1CCOCC1)c1c(C(=O)NC2(C(=O)N(CCc3ccccc3)C(=O)NCCCN3CCOCC3)CC=CC2)sc2ccccc12. The predicted octanol–water partition coefficient (Wildman–Crippen LogP) is 4.49. The first-order valence-electron chi connectivity index (χ1n) is 22.1. The molecule has 3 aromatic carbocycles. The number of hydrogen-bond donors (Lipinski definition) is 4. The number of carbonyl (C=O) groups excluding carboxylic acids is 5. The summed E-state index contributed by atoms with van der Waals surface area (Å²) >= 11 is 1.25. The third-order valence-corrected chi connectivity index (χ3v) is 13.3. The Morgan fingerprint density at radius 2 is 1.37 bits per heavy atom. The Morgan fingerprint density at radius 1 is 0.762 bits per heavy atom. The summed E-state index contributed by atoms with van der Waals surface area (Å²) < 4.78 is 11.7. The lowest BCUT2D eigenvalue weighted by Crippen LogP contribution is -2.61. The molecular weight excluding hydrogens is 819 g/mol. The number of imide groups is 1. The van der Waals surface area contributed by atoms with Crippen LogP contribution in [0.15, 0.2) is 91.0 Å². The molecule has 0 unspecified atom stereocenters. The average molecular weight is 878 g/mol. The van der Waals surface area contributed by atoms with Gasteiger partial charge in [0.05, 0.1) is 37.2 Å². The molecule has 14 nitrogen and oxygen atoms in total. The molecule has 2 aliphatic heterocycles. The van der Waals surface area contributed by atoms with Crippen molar-refractivity contribution in [2.45, 2.75) is 50.0 Å². The van der Waals surface area contributed by atoms with E-state index in [2.05, 4.69) is 25.8 Å². The van der Waals surface area contributed by atoms with E-state index in [4.69, 9.17) is 15.2 Å². The molecule has 6 amide bonds. The quantitative estimate of drug-likeness (QED) is 0.0782. The Hall–Kier alpha value is -5.45. The number of benzene rings is 3. The van der Waals surface area contributed by atoms with Crippen LogP contribution in [0.25, 0.3) is 10.1 Å². The van der Waals surface area contributed by atoms with Gasteiger partial charge < -0.3 is 31.2 Å². The maximum absolute atomic E-state index is 15.0. The van der Waals surface area contributed by atoms with Crippen molar-refractivity contribution in [3.63, 3.8) is 0 Å². The Labute approximate surface area is 373 Å². The molecule has 63 heavy (non-hydrogen) atoms. The van der Waals surface area contributed by atoms with Crippen LogP contribution in [0.2, 0.25) is 0 Å². The van der Waals surface area contributed by atoms with Crippen LogP contribution in [0.1, 0.15) is 68.3 Å². The van der Waals surface area contributed by atoms with E-state index < -0.39 is 35.2 Å². The topological polar surface area (TPSA) is 176 Å². The zero-order chi connectivity index (χ0) is 44.0. The molecule has 1 atom stereocenters. The van der Waals surface area contributed by atoms with Crippen molar-refractivity contribution >= 4 is 51.1 Å². The summed E-state index contributed by atoms with van der Waals surface area (Å²) in [5, 5.41) is 9.98. The normalized spacial score (nSPS) is 17.0. The molecule has 1 aliphatic carbocycles. The first-order valence-corrected chi connectivity index (χ1v) is 22.9. The first kappa shape index (κ1) is 45.6. The number of urea groups is 1. The maximum Gasteiger partial charge on any atom is 0.324 e. The number of primary amides is 1. The van der Waals surface area contributed by atoms with Crippen LogP contribution in [0.3, 0.4) is 0 Å². The van der Waals surface area contributed by atoms with Gasteiger partial charge in [-0.15, -0.1) is 11.3 Å². The highest BCUT2D eigenvalue weighted by Gasteiger charge is 2.46. The van der Waals surface area contributed by atoms with Crippen LogP contribution in [-0.4, -0.2) is 135 Å². The number of nitrogens with zero attached hydrogens (tertiary/aromatic N) is 3. The number of carbonyl (C=O) groups is 5. The second-order valence-corrected chi connectivity index (χ2v) is 17.4. The van der Waals surface area contributed by atoms with E-state index in [9.17, 15) is 24.0 Å². The van der Waals surface area contributed by atoms with E-state index in [1.54, 1.807) is 24.3 Å². The second kappa shape index (κ2) is 22.3. The number of hydrogen-bond acceptors (Lipinski definition) is 10. The molecule has 3 aliphatic rings. The number of amides is 6. The van der Waals surface area contributed by atoms with Crippen LogP contribution in [-0.2, 0) is 31.9 Å². The summed E-state index contributed by atoms with van der Waals surface area (Å²) in [5.74, 6) is -2.83. The van der Waals surface area contributed by atoms with Gasteiger partial charge in [-0.25, -0.2) is 4.79 Å². The van der Waals surface area contributed by atoms with Gasteiger partial charge >= 0.3 is 6.03 Å². The summed E-state index contributed by atoms with van der Waals surface area (Å²) in [6.45, 7) is 8.58. The van der Waals surface area contributed by atoms with Crippen LogP contribution in [0.5, 0.6) is 0 Å². The second-order valence-electron chi connectivity index (χ2n) is 16.4. The third kappa shape index (κ3) is 11.8. The molecule has 4 aromatic rings. The largest absolute Gasteiger partial charge is 0.379 e. The standard InChI is InChI=1S/C48H59N7O7S/c49-43(56)37-15-5-4-14-36(37)34-39(44(57)50-21-10-23-53-26-30-61-31-27-53)41-38-16-6-7-17-40(38)63-42(41)45(58)52-48(19-8-9-20-48)46(59)55(25-18-35-12-2-1-3-13-35)47(60)51-22-11-24-54-28-32-62-33-29-54/h1-9,12-17,39H,10-11,18-34H2,(H2,49,56)(H,50,57)(H,51,60)(H,52,58)/t39-/m1/s1. The van der Waals surface area contributed by atoms with E-state index in [1.165, 1.54) is 16.2 Å². The van der Waals surface area contributed by atoms with Crippen LogP contribution < -0.4 is 21.7 Å². The number of morpholine rings is 2. The van der Waals surface area contributed by atoms with E-state index in [0.717, 1.165) is 54.9 Å². The molecule has 2 fully saturated rings. The molecule has 0 bridgehead atoms. The fourth-order valence-corrected chi connectivity index (χ4v) is 9.80. The van der Waals surface area contributed by atoms with Crippen molar-refractivity contribution in [1.29, 1.82) is 0 Å². The van der Waals surface area contributed by atoms with Crippen molar-refractivity contribution in [1.82, 2.24) is 30.7 Å². The average Bonchev–Trinajstić information content (AvgIpc) is 3.95. The van der Waals surface area contributed by atoms with Gasteiger partial charge in [-0.2, -0.15) is 0 Å². The maximum atomic E-state index is 15.0. The molecule has 3 heterocycles. The smallest absolute Gasteiger partial charge is 0.324 e. The number of nitrogens with two attached hydrogens (primary N) is 1. The zero-order valence-electron chi connectivity index (χ0n) is 35.9. The number of nitrogens with one attached hydrogen (secondary N) is 3. The summed E-state index contributed by atoms with van der Waals surface area (Å²) in [6.07, 6.45) is 6.03. The predicted molar refractivity (Wildman–Crippen MR) is 244 cm³/mol. The number of thiophene rings is 1. The van der Waals surface area contributed by atoms with Gasteiger partial charge in [0.1, 0.15) is 5.54 Å². The third-order valence-electron chi connectivity index (χ3n) is 12.1. The lowest BCUT2D eigenvalue weighted by Gasteiger charge is -2.34. The number of rotatable bonds is 19. The minimum Gasteiger partial charge on any atom is -0.379 e. The molecule has 15 heteroatoms. The Kier molecular flexibility index (Phi) is 16.1. The Bertz CT molecular complexity index is 2230. The Morgan fingerprint density at radius 3 is 2.03 bits per heavy atom. The minimum atomic E-state index is -1.46. The van der Waals surface area contributed by atoms with Crippen molar-refractivity contribution < 1.29 is 33.4 Å². The fourth-order valence-electron chi connectivity index (χ4n) is 8.64. The van der Waals surface area contributed by atoms with Crippen LogP contribution >= 0.6 is 11.3 Å². The van der Waals surface area contributed by atoms with Gasteiger partial charge in [-0.3, -0.25) is 33.9 Å². The number of ether oxygens (including phenoxy) is 2. The van der Waals surface area contributed by atoms with Crippen molar-refractivity contribution in [2.75, 3.05) is 85.3 Å². The van der Waals surface area contributed by atoms with Gasteiger partial charge in [-0.1, -0.05) is 78.9 Å². The summed E-state index contributed by atoms with van der Waals surface area (Å²) in [5.41, 5.74) is 6.72. The highest BCUT2D eigenvalue weighted by molar-refractivity contribution is 7.21. The zero-order valence-corrected chi connectivity index (χ0v) is 36.7. The molecule has 334 valence electrons. The van der Waals surface area contributed by atoms with Crippen molar-refractivity contribution in [2.24, 2.45) is 5.73 Å².